The summed E-state index contributed by atoms with van der Waals surface area (Å²) < 4.78 is 19.0. The Balaban J connectivity index is 0.937. The highest BCUT2D eigenvalue weighted by molar-refractivity contribution is 6.06. The summed E-state index contributed by atoms with van der Waals surface area (Å²) >= 11 is 0. The van der Waals surface area contributed by atoms with Crippen LogP contribution < -0.4 is 14.5 Å². The fourth-order valence-corrected chi connectivity index (χ4v) is 9.02. The number of hydrogen-bond acceptors (Lipinski definition) is 6. The van der Waals surface area contributed by atoms with Gasteiger partial charge in [-0.05, 0) is 109 Å². The number of ether oxygens (including phenoxy) is 1. The van der Waals surface area contributed by atoms with Crippen LogP contribution in [0.25, 0.3) is 61.4 Å². The van der Waals surface area contributed by atoms with Gasteiger partial charge < -0.3 is 28.5 Å². The second-order valence-corrected chi connectivity index (χ2v) is 16.0. The number of aromatic hydroxyl groups is 1. The summed E-state index contributed by atoms with van der Waals surface area (Å²) in [4.78, 5) is 4.38. The van der Waals surface area contributed by atoms with E-state index in [1.165, 1.54) is 0 Å². The molecule has 0 spiro atoms. The van der Waals surface area contributed by atoms with Crippen LogP contribution >= 0.6 is 0 Å². The molecule has 6 heteroatoms. The molecule has 6 nitrogen and oxygen atoms in total. The van der Waals surface area contributed by atoms with Gasteiger partial charge in [0.2, 0.25) is 0 Å². The van der Waals surface area contributed by atoms with Crippen molar-refractivity contribution in [3.05, 3.63) is 229 Å². The summed E-state index contributed by atoms with van der Waals surface area (Å²) in [5.74, 6) is 2.14. The second-order valence-electron chi connectivity index (χ2n) is 16.0. The maximum atomic E-state index is 11.9. The summed E-state index contributed by atoms with van der Waals surface area (Å²) in [6.07, 6.45) is 4.12. The molecular weight excluding hydrogens is 789 g/mol. The van der Waals surface area contributed by atoms with Crippen molar-refractivity contribution >= 4 is 78.8 Å². The summed E-state index contributed by atoms with van der Waals surface area (Å²) in [6, 6.07) is 61.2. The Morgan fingerprint density at radius 3 is 1.94 bits per heavy atom. The minimum Gasteiger partial charge on any atom is -0.507 e. The molecule has 8 aromatic carbocycles. The van der Waals surface area contributed by atoms with Crippen molar-refractivity contribution < 1.29 is 18.7 Å². The third kappa shape index (κ3) is 6.69. The van der Waals surface area contributed by atoms with Crippen LogP contribution in [0.2, 0.25) is 0 Å². The molecular formula is C58H42N2O4. The number of phenols is 1. The molecule has 0 fully saturated rings. The van der Waals surface area contributed by atoms with Crippen molar-refractivity contribution in [2.24, 2.45) is 0 Å². The molecule has 3 heterocycles. The van der Waals surface area contributed by atoms with E-state index in [0.717, 1.165) is 94.9 Å². The Kier molecular flexibility index (Phi) is 9.47. The first-order chi connectivity index (χ1) is 31.4. The predicted octanol–water partition coefficient (Wildman–Crippen LogP) is 15.8. The Morgan fingerprint density at radius 1 is 0.562 bits per heavy atom. The Labute approximate surface area is 371 Å². The van der Waals surface area contributed by atoms with E-state index in [-0.39, 0.29) is 5.75 Å². The van der Waals surface area contributed by atoms with Gasteiger partial charge in [0.1, 0.15) is 39.8 Å². The number of nitrogens with zero attached hydrogens (tertiary/aromatic N) is 2. The molecule has 10 aromatic rings. The average molecular weight is 831 g/mol. The van der Waals surface area contributed by atoms with Gasteiger partial charge in [0, 0.05) is 85.5 Å². The van der Waals surface area contributed by atoms with Crippen LogP contribution in [0.1, 0.15) is 28.0 Å². The highest BCUT2D eigenvalue weighted by Crippen LogP contribution is 2.48. The van der Waals surface area contributed by atoms with Gasteiger partial charge >= 0.3 is 0 Å². The van der Waals surface area contributed by atoms with E-state index in [9.17, 15) is 5.11 Å². The predicted molar refractivity (Wildman–Crippen MR) is 263 cm³/mol. The first-order valence-corrected chi connectivity index (χ1v) is 21.3. The van der Waals surface area contributed by atoms with E-state index < -0.39 is 0 Å². The second kappa shape index (κ2) is 15.8. The average Bonchev–Trinajstić information content (AvgIpc) is 3.87. The molecule has 11 rings (SSSR count). The first kappa shape index (κ1) is 38.4. The molecule has 0 saturated carbocycles. The van der Waals surface area contributed by atoms with E-state index in [2.05, 4.69) is 109 Å². The Hall–Kier alpha value is -8.48. The standard InChI is InChI=1S/C58H42N2O4/c1-37(47-22-14-23-50-49-31-28-44(36-57(49)62-39(3)58(47)50)60(40-16-6-4-7-17-40)41-18-8-5-9-19-41)45-30-27-43(35-52(45)61)59(33-15-26-53-38(2)46-20-10-12-24-54(46)63-53)42-29-32-56-51(34-42)48-21-11-13-25-55(48)64-56/h4-32,34-36,61H,1,3,33H2,2H3/b26-15-. The molecule has 308 valence electrons. The fraction of sp³-hybridized carbons (Fsp3) is 0.0345. The zero-order valence-corrected chi connectivity index (χ0v) is 35.2. The third-order valence-corrected chi connectivity index (χ3v) is 12.2. The number of rotatable bonds is 10. The monoisotopic (exact) mass is 830 g/mol. The minimum absolute atomic E-state index is 0.103. The lowest BCUT2D eigenvalue weighted by Gasteiger charge is -2.29. The molecule has 64 heavy (non-hydrogen) atoms. The highest BCUT2D eigenvalue weighted by atomic mass is 16.5. The lowest BCUT2D eigenvalue weighted by molar-refractivity contribution is 0.473. The molecule has 0 amide bonds. The van der Waals surface area contributed by atoms with Gasteiger partial charge in [0.25, 0.3) is 0 Å². The molecule has 0 unspecified atom stereocenters. The summed E-state index contributed by atoms with van der Waals surface area (Å²) in [5.41, 5.74) is 13.3. The largest absolute Gasteiger partial charge is 0.507 e. The van der Waals surface area contributed by atoms with Crippen LogP contribution in [-0.4, -0.2) is 11.7 Å². The van der Waals surface area contributed by atoms with Crippen molar-refractivity contribution in [2.45, 2.75) is 6.92 Å². The number of fused-ring (bicyclic) bond motifs is 7. The quantitative estimate of drug-likeness (QED) is 0.148. The van der Waals surface area contributed by atoms with Crippen LogP contribution in [0.4, 0.5) is 28.4 Å². The van der Waals surface area contributed by atoms with Gasteiger partial charge in [0.15, 0.2) is 0 Å². The van der Waals surface area contributed by atoms with Gasteiger partial charge in [-0.2, -0.15) is 0 Å². The van der Waals surface area contributed by atoms with Crippen molar-refractivity contribution in [1.29, 1.82) is 0 Å². The maximum absolute atomic E-state index is 11.9. The van der Waals surface area contributed by atoms with Gasteiger partial charge in [-0.3, -0.25) is 0 Å². The van der Waals surface area contributed by atoms with Crippen LogP contribution in [0.15, 0.2) is 210 Å². The molecule has 1 N–H and O–H groups in total. The number of hydrogen-bond donors (Lipinski definition) is 1. The lowest BCUT2D eigenvalue weighted by atomic mass is 9.87. The first-order valence-electron chi connectivity index (χ1n) is 21.3. The normalized spacial score (nSPS) is 12.1. The fourth-order valence-electron chi connectivity index (χ4n) is 9.02. The molecule has 0 saturated heterocycles. The van der Waals surface area contributed by atoms with Gasteiger partial charge in [-0.25, -0.2) is 0 Å². The van der Waals surface area contributed by atoms with E-state index in [1.54, 1.807) is 6.07 Å². The molecule has 2 aromatic heterocycles. The molecule has 0 atom stereocenters. The van der Waals surface area contributed by atoms with Crippen molar-refractivity contribution in [3.8, 4) is 22.6 Å². The Morgan fingerprint density at radius 2 is 1.20 bits per heavy atom. The molecule has 0 aliphatic carbocycles. The SMILES string of the molecule is C=C(c1ccc(N(C/C=C\c2oc3ccccc3c2C)c2ccc3oc4ccccc4c3c2)cc1O)c1cccc2c1C(=C)Oc1cc(N(c3ccccc3)c3ccccc3)ccc1-2. The number of para-hydroxylation sites is 4. The molecule has 0 radical (unpaired) electrons. The number of anilines is 5. The van der Waals surface area contributed by atoms with Gasteiger partial charge in [0.05, 0.1) is 0 Å². The third-order valence-electron chi connectivity index (χ3n) is 12.2. The maximum Gasteiger partial charge on any atom is 0.137 e. The van der Waals surface area contributed by atoms with Crippen molar-refractivity contribution in [2.75, 3.05) is 16.3 Å². The van der Waals surface area contributed by atoms with Crippen molar-refractivity contribution in [1.82, 2.24) is 0 Å². The van der Waals surface area contributed by atoms with Crippen LogP contribution in [0.3, 0.4) is 0 Å². The van der Waals surface area contributed by atoms with E-state index in [1.807, 2.05) is 109 Å². The zero-order chi connectivity index (χ0) is 43.3. The molecule has 1 aliphatic rings. The van der Waals surface area contributed by atoms with Crippen molar-refractivity contribution in [3.63, 3.8) is 0 Å². The molecule has 0 bridgehead atoms. The summed E-state index contributed by atoms with van der Waals surface area (Å²) in [5, 5.41) is 15.1. The number of aryl methyl sites for hydroxylation is 1. The molecule has 1 aliphatic heterocycles. The summed E-state index contributed by atoms with van der Waals surface area (Å²) in [6.45, 7) is 11.5. The van der Waals surface area contributed by atoms with Crippen LogP contribution in [0.5, 0.6) is 11.5 Å². The van der Waals surface area contributed by atoms with E-state index >= 15 is 0 Å². The van der Waals surface area contributed by atoms with Crippen LogP contribution in [-0.2, 0) is 0 Å². The van der Waals surface area contributed by atoms with E-state index in [0.29, 0.717) is 29.2 Å². The number of furan rings is 2. The smallest absolute Gasteiger partial charge is 0.137 e. The number of benzene rings is 8. The van der Waals surface area contributed by atoms with E-state index in [4.69, 9.17) is 13.6 Å². The number of phenolic OH excluding ortho intramolecular Hbond substituents is 1. The van der Waals surface area contributed by atoms with Gasteiger partial charge in [-0.15, -0.1) is 0 Å². The topological polar surface area (TPSA) is 62.2 Å². The highest BCUT2D eigenvalue weighted by Gasteiger charge is 2.27. The minimum atomic E-state index is 0.103. The van der Waals surface area contributed by atoms with Gasteiger partial charge in [-0.1, -0.05) is 110 Å². The zero-order valence-electron chi connectivity index (χ0n) is 35.2. The van der Waals surface area contributed by atoms with Crippen LogP contribution in [0, 0.1) is 6.92 Å². The summed E-state index contributed by atoms with van der Waals surface area (Å²) in [7, 11) is 0. The lowest BCUT2D eigenvalue weighted by Crippen LogP contribution is -2.17. The Bertz CT molecular complexity index is 3430.